The number of aryl methyl sites for hydroxylation is 1. The molecular formula is C13H18N4OS. The molecule has 1 unspecified atom stereocenters. The number of pyridine rings is 1. The molecule has 0 aliphatic heterocycles. The fourth-order valence-electron chi connectivity index (χ4n) is 1.78. The van der Waals surface area contributed by atoms with Crippen molar-refractivity contribution in [3.05, 3.63) is 29.9 Å². The van der Waals surface area contributed by atoms with E-state index in [1.54, 1.807) is 6.92 Å². The SMILES string of the molecule is CCNC(CC)c1ccc(Sc2nnc(C)o2)cn1. The van der Waals surface area contributed by atoms with Crippen LogP contribution >= 0.6 is 11.8 Å². The minimum atomic E-state index is 0.315. The van der Waals surface area contributed by atoms with E-state index in [0.717, 1.165) is 23.6 Å². The first-order valence-electron chi connectivity index (χ1n) is 6.40. The molecule has 0 aliphatic rings. The van der Waals surface area contributed by atoms with E-state index in [-0.39, 0.29) is 0 Å². The largest absolute Gasteiger partial charge is 0.416 e. The van der Waals surface area contributed by atoms with Crippen LogP contribution in [0.2, 0.25) is 0 Å². The molecule has 0 fully saturated rings. The van der Waals surface area contributed by atoms with Gasteiger partial charge in [0.1, 0.15) is 0 Å². The highest BCUT2D eigenvalue weighted by molar-refractivity contribution is 7.99. The van der Waals surface area contributed by atoms with Gasteiger partial charge >= 0.3 is 0 Å². The number of nitrogens with one attached hydrogen (secondary N) is 1. The van der Waals surface area contributed by atoms with Crippen molar-refractivity contribution in [2.24, 2.45) is 0 Å². The van der Waals surface area contributed by atoms with Gasteiger partial charge in [0.2, 0.25) is 5.89 Å². The molecule has 0 saturated carbocycles. The summed E-state index contributed by atoms with van der Waals surface area (Å²) < 4.78 is 5.33. The van der Waals surface area contributed by atoms with Gasteiger partial charge in [0, 0.05) is 24.1 Å². The zero-order valence-electron chi connectivity index (χ0n) is 11.4. The smallest absolute Gasteiger partial charge is 0.281 e. The Labute approximate surface area is 117 Å². The first-order chi connectivity index (χ1) is 9.22. The van der Waals surface area contributed by atoms with E-state index in [9.17, 15) is 0 Å². The van der Waals surface area contributed by atoms with Crippen molar-refractivity contribution in [3.8, 4) is 0 Å². The molecule has 2 heterocycles. The molecule has 2 aromatic heterocycles. The summed E-state index contributed by atoms with van der Waals surface area (Å²) in [5, 5.41) is 11.7. The summed E-state index contributed by atoms with van der Waals surface area (Å²) in [5.41, 5.74) is 1.07. The van der Waals surface area contributed by atoms with Gasteiger partial charge in [-0.05, 0) is 36.9 Å². The number of hydrogen-bond acceptors (Lipinski definition) is 6. The number of rotatable bonds is 6. The lowest BCUT2D eigenvalue weighted by molar-refractivity contribution is 0.429. The highest BCUT2D eigenvalue weighted by atomic mass is 32.2. The second-order valence-corrected chi connectivity index (χ2v) is 5.15. The zero-order valence-corrected chi connectivity index (χ0v) is 12.2. The second kappa shape index (κ2) is 6.68. The van der Waals surface area contributed by atoms with Crippen LogP contribution in [0.4, 0.5) is 0 Å². The Bertz CT molecular complexity index is 512. The molecule has 0 spiro atoms. The first-order valence-corrected chi connectivity index (χ1v) is 7.21. The zero-order chi connectivity index (χ0) is 13.7. The van der Waals surface area contributed by atoms with Crippen LogP contribution in [0.5, 0.6) is 0 Å². The molecule has 0 aliphatic carbocycles. The minimum absolute atomic E-state index is 0.315. The van der Waals surface area contributed by atoms with E-state index in [4.69, 9.17) is 4.42 Å². The molecule has 1 N–H and O–H groups in total. The topological polar surface area (TPSA) is 63.8 Å². The summed E-state index contributed by atoms with van der Waals surface area (Å²) in [7, 11) is 0. The van der Waals surface area contributed by atoms with Gasteiger partial charge in [-0.15, -0.1) is 10.2 Å². The summed E-state index contributed by atoms with van der Waals surface area (Å²) >= 11 is 1.43. The van der Waals surface area contributed by atoms with Crippen LogP contribution in [-0.4, -0.2) is 21.7 Å². The molecule has 0 saturated heterocycles. The normalized spacial score (nSPS) is 12.6. The molecule has 1 atom stereocenters. The summed E-state index contributed by atoms with van der Waals surface area (Å²) in [6.45, 7) is 6.97. The van der Waals surface area contributed by atoms with Gasteiger partial charge in [-0.2, -0.15) is 0 Å². The van der Waals surface area contributed by atoms with E-state index in [2.05, 4.69) is 34.3 Å². The van der Waals surface area contributed by atoms with Crippen LogP contribution in [0.1, 0.15) is 37.9 Å². The van der Waals surface area contributed by atoms with E-state index in [0.29, 0.717) is 17.2 Å². The predicted octanol–water partition coefficient (Wildman–Crippen LogP) is 2.98. The van der Waals surface area contributed by atoms with Gasteiger partial charge in [0.05, 0.1) is 5.69 Å². The Balaban J connectivity index is 2.05. The monoisotopic (exact) mass is 278 g/mol. The predicted molar refractivity (Wildman–Crippen MR) is 74.1 cm³/mol. The van der Waals surface area contributed by atoms with Crippen molar-refractivity contribution < 1.29 is 4.42 Å². The van der Waals surface area contributed by atoms with E-state index in [1.165, 1.54) is 11.8 Å². The average molecular weight is 278 g/mol. The lowest BCUT2D eigenvalue weighted by atomic mass is 10.1. The van der Waals surface area contributed by atoms with Crippen molar-refractivity contribution in [3.63, 3.8) is 0 Å². The van der Waals surface area contributed by atoms with Crippen molar-refractivity contribution in [2.45, 2.75) is 43.4 Å². The number of nitrogens with zero attached hydrogens (tertiary/aromatic N) is 3. The third-order valence-electron chi connectivity index (χ3n) is 2.69. The van der Waals surface area contributed by atoms with Crippen LogP contribution in [0.3, 0.4) is 0 Å². The second-order valence-electron chi connectivity index (χ2n) is 4.13. The van der Waals surface area contributed by atoms with Gasteiger partial charge in [-0.1, -0.05) is 13.8 Å². The van der Waals surface area contributed by atoms with Crippen LogP contribution < -0.4 is 5.32 Å². The Kier molecular flexibility index (Phi) is 4.93. The summed E-state index contributed by atoms with van der Waals surface area (Å²) in [6.07, 6.45) is 2.87. The fraction of sp³-hybridized carbons (Fsp3) is 0.462. The Morgan fingerprint density at radius 2 is 2.16 bits per heavy atom. The molecular weight excluding hydrogens is 260 g/mol. The van der Waals surface area contributed by atoms with Gasteiger partial charge in [-0.25, -0.2) is 0 Å². The molecule has 2 aromatic rings. The molecule has 6 heteroatoms. The summed E-state index contributed by atoms with van der Waals surface area (Å²) in [5.74, 6) is 0.574. The maximum absolute atomic E-state index is 5.33. The first kappa shape index (κ1) is 14.0. The average Bonchev–Trinajstić information content (AvgIpc) is 2.82. The quantitative estimate of drug-likeness (QED) is 0.876. The fourth-order valence-corrected chi connectivity index (χ4v) is 2.47. The lowest BCUT2D eigenvalue weighted by Gasteiger charge is -2.15. The third-order valence-corrected chi connectivity index (χ3v) is 3.50. The molecule has 2 rings (SSSR count). The molecule has 19 heavy (non-hydrogen) atoms. The van der Waals surface area contributed by atoms with Gasteiger partial charge in [-0.3, -0.25) is 4.98 Å². The Morgan fingerprint density at radius 3 is 2.68 bits per heavy atom. The van der Waals surface area contributed by atoms with Crippen LogP contribution in [0, 0.1) is 6.92 Å². The molecule has 0 amide bonds. The van der Waals surface area contributed by atoms with Crippen LogP contribution in [-0.2, 0) is 0 Å². The molecule has 0 aromatic carbocycles. The lowest BCUT2D eigenvalue weighted by Crippen LogP contribution is -2.20. The standard InChI is InChI=1S/C13H18N4OS/c1-4-11(14-5-2)12-7-6-10(8-15-12)19-13-17-16-9(3)18-13/h6-8,11,14H,4-5H2,1-3H3. The van der Waals surface area contributed by atoms with E-state index in [1.807, 2.05) is 18.3 Å². The summed E-state index contributed by atoms with van der Waals surface area (Å²) in [6, 6.07) is 4.39. The third kappa shape index (κ3) is 3.78. The highest BCUT2D eigenvalue weighted by Gasteiger charge is 2.10. The van der Waals surface area contributed by atoms with Gasteiger partial charge in [0.25, 0.3) is 5.22 Å². The Hall–Kier alpha value is -1.40. The molecule has 5 nitrogen and oxygen atoms in total. The van der Waals surface area contributed by atoms with Gasteiger partial charge in [0.15, 0.2) is 0 Å². The van der Waals surface area contributed by atoms with Crippen molar-refractivity contribution in [1.82, 2.24) is 20.5 Å². The summed E-state index contributed by atoms with van der Waals surface area (Å²) in [4.78, 5) is 5.50. The van der Waals surface area contributed by atoms with Crippen LogP contribution in [0.25, 0.3) is 0 Å². The molecule has 0 radical (unpaired) electrons. The Morgan fingerprint density at radius 1 is 1.32 bits per heavy atom. The maximum atomic E-state index is 5.33. The van der Waals surface area contributed by atoms with Crippen molar-refractivity contribution in [1.29, 1.82) is 0 Å². The van der Waals surface area contributed by atoms with Crippen molar-refractivity contribution >= 4 is 11.8 Å². The van der Waals surface area contributed by atoms with E-state index >= 15 is 0 Å². The minimum Gasteiger partial charge on any atom is -0.416 e. The van der Waals surface area contributed by atoms with Gasteiger partial charge < -0.3 is 9.73 Å². The molecule has 0 bridgehead atoms. The highest BCUT2D eigenvalue weighted by Crippen LogP contribution is 2.26. The maximum Gasteiger partial charge on any atom is 0.281 e. The number of aromatic nitrogens is 3. The molecule has 102 valence electrons. The van der Waals surface area contributed by atoms with Crippen LogP contribution in [0.15, 0.2) is 32.9 Å². The number of hydrogen-bond donors (Lipinski definition) is 1. The van der Waals surface area contributed by atoms with Crippen molar-refractivity contribution in [2.75, 3.05) is 6.54 Å². The van der Waals surface area contributed by atoms with E-state index < -0.39 is 0 Å².